The quantitative estimate of drug-likeness (QED) is 0.190. The van der Waals surface area contributed by atoms with Gasteiger partial charge in [-0.15, -0.1) is 0 Å². The first-order valence-electron chi connectivity index (χ1n) is 13.2. The third kappa shape index (κ3) is 5.57. The number of alkyl halides is 1. The van der Waals surface area contributed by atoms with Crippen LogP contribution >= 0.6 is 38.1 Å². The number of nitrogens with one attached hydrogen (secondary N) is 1. The molecule has 3 saturated heterocycles. The van der Waals surface area contributed by atoms with E-state index in [1.54, 1.807) is 17.1 Å². The molecular weight excluding hydrogens is 667 g/mol. The fraction of sp³-hybridized carbons (Fsp3) is 0.571. The highest BCUT2D eigenvalue weighted by Gasteiger charge is 2.52. The molecule has 44 heavy (non-hydrogen) atoms. The Balaban J connectivity index is 1.18. The Bertz CT molecular complexity index is 1790. The molecule has 10 atom stereocenters. The Hall–Kier alpha value is -2.16. The number of thiol groups is 2. The van der Waals surface area contributed by atoms with Gasteiger partial charge in [0.25, 0.3) is 5.56 Å². The molecule has 238 valence electrons. The van der Waals surface area contributed by atoms with E-state index in [0.717, 1.165) is 6.33 Å². The second-order valence-electron chi connectivity index (χ2n) is 10.4. The van der Waals surface area contributed by atoms with Crippen molar-refractivity contribution < 1.29 is 41.1 Å². The molecule has 3 fully saturated rings. The molecule has 0 spiro atoms. The summed E-state index contributed by atoms with van der Waals surface area (Å²) in [5.41, 5.74) is 11.6. The summed E-state index contributed by atoms with van der Waals surface area (Å²) < 4.78 is 79.7. The van der Waals surface area contributed by atoms with E-state index >= 15 is 4.39 Å². The lowest BCUT2D eigenvalue weighted by atomic mass is 10.1. The summed E-state index contributed by atoms with van der Waals surface area (Å²) in [5.74, 6) is 0.311. The first-order valence-corrected chi connectivity index (χ1v) is 18.6. The normalized spacial score (nSPS) is 39.4. The van der Waals surface area contributed by atoms with E-state index in [1.807, 2.05) is 0 Å². The summed E-state index contributed by atoms with van der Waals surface area (Å²) in [4.78, 5) is 27.0. The standard InChI is InChI=1S/C21H26FN9O9P2S2/c22-14-13-6-36-41(33,43)39-11-3-10(9-4-25-17-8(23)1-2-27-31(9)17)37-12(11)5-35-42(34,44)40-16(14)20(38-13)30-7-26-15-18(30)28-21(24)29-19(15)32/h2,4,7-8,10-14,16,20H,1,3,5-6,23H2,(H,33,43)(H,34,44)(H3,24,28,29,32)/t8?,10-,11+,12-,13-,14-,16-,20-,41?,42?/m1/s1. The van der Waals surface area contributed by atoms with Crippen LogP contribution in [0.3, 0.4) is 0 Å². The fourth-order valence-corrected chi connectivity index (χ4v) is 8.48. The van der Waals surface area contributed by atoms with Crippen LogP contribution in [0.15, 0.2) is 22.4 Å². The highest BCUT2D eigenvalue weighted by molar-refractivity contribution is 8.44. The van der Waals surface area contributed by atoms with Gasteiger partial charge in [0, 0.05) is 19.1 Å². The monoisotopic (exact) mass is 693 g/mol. The van der Waals surface area contributed by atoms with Crippen LogP contribution in [-0.4, -0.2) is 79.2 Å². The van der Waals surface area contributed by atoms with Gasteiger partial charge >= 0.3 is 13.6 Å². The van der Waals surface area contributed by atoms with Gasteiger partial charge in [0.05, 0.1) is 43.6 Å². The number of nitrogen functional groups attached to an aromatic ring is 1. The number of nitrogens with two attached hydrogens (primary N) is 2. The van der Waals surface area contributed by atoms with Gasteiger partial charge in [0.15, 0.2) is 23.6 Å². The first-order chi connectivity index (χ1) is 20.9. The van der Waals surface area contributed by atoms with Crippen LogP contribution < -0.4 is 17.0 Å². The molecule has 2 bridgehead atoms. The fourth-order valence-electron chi connectivity index (χ4n) is 5.50. The molecule has 3 unspecified atom stereocenters. The van der Waals surface area contributed by atoms with Crippen molar-refractivity contribution in [2.45, 2.75) is 61.8 Å². The molecule has 0 radical (unpaired) electrons. The van der Waals surface area contributed by atoms with Gasteiger partial charge in [-0.3, -0.25) is 32.4 Å². The number of hydrogen-bond donors (Lipinski definition) is 5. The van der Waals surface area contributed by atoms with Crippen molar-refractivity contribution in [3.05, 3.63) is 34.4 Å². The van der Waals surface area contributed by atoms with Crippen molar-refractivity contribution in [3.63, 3.8) is 0 Å². The zero-order valence-electron chi connectivity index (χ0n) is 22.4. The highest BCUT2D eigenvalue weighted by atomic mass is 32.7. The second-order valence-corrected chi connectivity index (χ2v) is 16.2. The zero-order valence-corrected chi connectivity index (χ0v) is 25.9. The predicted molar refractivity (Wildman–Crippen MR) is 156 cm³/mol. The van der Waals surface area contributed by atoms with E-state index in [-0.39, 0.29) is 29.6 Å². The lowest BCUT2D eigenvalue weighted by molar-refractivity contribution is -0.0520. The Morgan fingerprint density at radius 2 is 1.82 bits per heavy atom. The number of hydrogen-bond acceptors (Lipinski definition) is 15. The number of imidazole rings is 2. The van der Waals surface area contributed by atoms with Crippen molar-refractivity contribution in [2.24, 2.45) is 10.8 Å². The lowest BCUT2D eigenvalue weighted by Crippen LogP contribution is -2.32. The summed E-state index contributed by atoms with van der Waals surface area (Å²) in [5, 5.41) is 4.35. The van der Waals surface area contributed by atoms with E-state index in [0.29, 0.717) is 17.9 Å². The average Bonchev–Trinajstić information content (AvgIpc) is 3.72. The Labute approximate surface area is 257 Å². The molecule has 0 amide bonds. The largest absolute Gasteiger partial charge is 0.386 e. The van der Waals surface area contributed by atoms with Crippen LogP contribution in [-0.2, 0) is 36.7 Å². The van der Waals surface area contributed by atoms with E-state index in [1.165, 1.54) is 4.57 Å². The summed E-state index contributed by atoms with van der Waals surface area (Å²) in [6.07, 6.45) is -4.02. The van der Waals surface area contributed by atoms with Gasteiger partial charge in [-0.2, -0.15) is 10.1 Å². The molecule has 4 aliphatic heterocycles. The maximum atomic E-state index is 15.8. The smallest absolute Gasteiger partial charge is 0.369 e. The molecular formula is C21H26FN9O9P2S2. The molecule has 18 nitrogen and oxygen atoms in total. The molecule has 3 aromatic rings. The minimum atomic E-state index is -4.34. The zero-order chi connectivity index (χ0) is 31.0. The van der Waals surface area contributed by atoms with Crippen molar-refractivity contribution in [1.82, 2.24) is 29.2 Å². The Morgan fingerprint density at radius 1 is 1.07 bits per heavy atom. The summed E-state index contributed by atoms with van der Waals surface area (Å²) in [6.45, 7) is -9.54. The van der Waals surface area contributed by atoms with E-state index in [4.69, 9.17) is 39.0 Å². The number of halogens is 1. The number of aromatic amines is 1. The summed E-state index contributed by atoms with van der Waals surface area (Å²) >= 11 is 8.17. The molecule has 23 heteroatoms. The minimum absolute atomic E-state index is 0.0570. The van der Waals surface area contributed by atoms with Gasteiger partial charge in [0.2, 0.25) is 5.95 Å². The summed E-state index contributed by atoms with van der Waals surface area (Å²) in [7, 11) is 0. The van der Waals surface area contributed by atoms with E-state index in [9.17, 15) is 13.9 Å². The van der Waals surface area contributed by atoms with Gasteiger partial charge in [0.1, 0.15) is 30.2 Å². The Kier molecular flexibility index (Phi) is 7.81. The van der Waals surface area contributed by atoms with Gasteiger partial charge in [-0.1, -0.05) is 24.5 Å². The first kappa shape index (κ1) is 30.5. The predicted octanol–water partition coefficient (Wildman–Crippen LogP) is 1.79. The Morgan fingerprint density at radius 3 is 2.61 bits per heavy atom. The second kappa shape index (κ2) is 11.3. The van der Waals surface area contributed by atoms with Crippen molar-refractivity contribution in [1.29, 1.82) is 0 Å². The van der Waals surface area contributed by atoms with Crippen LogP contribution in [0.2, 0.25) is 0 Å². The number of H-pyrrole nitrogens is 1. The molecule has 0 aliphatic carbocycles. The minimum Gasteiger partial charge on any atom is -0.369 e. The number of rotatable bonds is 2. The third-order valence-corrected chi connectivity index (χ3v) is 10.8. The van der Waals surface area contributed by atoms with Gasteiger partial charge in [-0.05, 0) is 0 Å². The number of anilines is 1. The number of fused-ring (bicyclic) bond motifs is 5. The lowest BCUT2D eigenvalue weighted by Gasteiger charge is -2.26. The number of ether oxygens (including phenoxy) is 2. The maximum absolute atomic E-state index is 15.8. The topological polar surface area (TPSA) is 235 Å². The van der Waals surface area contributed by atoms with E-state index in [2.05, 4.69) is 49.5 Å². The molecule has 5 N–H and O–H groups in total. The molecule has 7 heterocycles. The maximum Gasteiger partial charge on any atom is 0.386 e. The van der Waals surface area contributed by atoms with Crippen LogP contribution in [0.25, 0.3) is 11.2 Å². The molecule has 4 aliphatic rings. The van der Waals surface area contributed by atoms with E-state index < -0.39 is 75.3 Å². The summed E-state index contributed by atoms with van der Waals surface area (Å²) in [6, 6.07) is -0.354. The molecule has 3 aromatic heterocycles. The van der Waals surface area contributed by atoms with Gasteiger partial charge < -0.3 is 20.9 Å². The van der Waals surface area contributed by atoms with Crippen LogP contribution in [0.4, 0.5) is 10.3 Å². The molecule has 7 rings (SSSR count). The number of nitrogens with zero attached hydrogens (tertiary/aromatic N) is 6. The number of aromatic nitrogens is 6. The van der Waals surface area contributed by atoms with Crippen LogP contribution in [0.5, 0.6) is 0 Å². The molecule has 0 aromatic carbocycles. The van der Waals surface area contributed by atoms with Crippen LogP contribution in [0.1, 0.15) is 42.7 Å². The third-order valence-electron chi connectivity index (χ3n) is 7.53. The van der Waals surface area contributed by atoms with Crippen molar-refractivity contribution in [3.8, 4) is 0 Å². The van der Waals surface area contributed by atoms with Crippen molar-refractivity contribution in [2.75, 3.05) is 18.9 Å². The van der Waals surface area contributed by atoms with Crippen LogP contribution in [0, 0.1) is 0 Å². The molecule has 0 saturated carbocycles. The average molecular weight is 694 g/mol. The van der Waals surface area contributed by atoms with Crippen molar-refractivity contribution >= 4 is 61.4 Å². The highest BCUT2D eigenvalue weighted by Crippen LogP contribution is 2.60. The van der Waals surface area contributed by atoms with Gasteiger partial charge in [-0.25, -0.2) is 28.2 Å². The SMILES string of the molecule is Nc1nc2c(ncn2[C@@H]2O[C@@H]3COP(=O)(S)O[C@H]4C[C@H](c5cnc6n5N=CCC6N)O[C@@H]4COP(=O)(S)O[C@@H]2[C@@H]3F)c(=O)[nH]1.